The van der Waals surface area contributed by atoms with Crippen molar-refractivity contribution in [1.29, 1.82) is 0 Å². The average molecular weight is 251 g/mol. The van der Waals surface area contributed by atoms with Gasteiger partial charge in [-0.05, 0) is 30.9 Å². The molecule has 1 aliphatic rings. The maximum Gasteiger partial charge on any atom is 0.150 e. The lowest BCUT2D eigenvalue weighted by molar-refractivity contribution is 0.389. The van der Waals surface area contributed by atoms with Gasteiger partial charge in [0.15, 0.2) is 5.15 Å². The molecule has 3 nitrogen and oxygen atoms in total. The smallest absolute Gasteiger partial charge is 0.150 e. The maximum atomic E-state index is 6.19. The van der Waals surface area contributed by atoms with E-state index in [9.17, 15) is 0 Å². The summed E-state index contributed by atoms with van der Waals surface area (Å²) in [5.41, 5.74) is 1.19. The normalized spacial score (nSPS) is 19.3. The molecule has 4 heteroatoms. The summed E-state index contributed by atoms with van der Waals surface area (Å²) in [5, 5.41) is 0.665. The summed E-state index contributed by atoms with van der Waals surface area (Å²) in [6, 6.07) is 3.88. The first-order chi connectivity index (χ1) is 8.24. The molecule has 3 heterocycles. The number of hydrogen-bond donors (Lipinski definition) is 0. The number of furan rings is 1. The van der Waals surface area contributed by atoms with Gasteiger partial charge in [0.05, 0.1) is 18.4 Å². The van der Waals surface area contributed by atoms with Gasteiger partial charge in [-0.25, -0.2) is 4.98 Å². The zero-order chi connectivity index (χ0) is 11.8. The Kier molecular flexibility index (Phi) is 2.71. The van der Waals surface area contributed by atoms with Gasteiger partial charge in [-0.3, -0.25) is 0 Å². The number of rotatable bonds is 2. The van der Waals surface area contributed by atoms with Gasteiger partial charge in [0, 0.05) is 6.54 Å². The molecule has 1 atom stereocenters. The molecule has 0 spiro atoms. The van der Waals surface area contributed by atoms with E-state index in [4.69, 9.17) is 16.0 Å². The van der Waals surface area contributed by atoms with Crippen LogP contribution in [-0.2, 0) is 19.4 Å². The Morgan fingerprint density at radius 3 is 3.24 bits per heavy atom. The lowest BCUT2D eigenvalue weighted by atomic mass is 10.0. The van der Waals surface area contributed by atoms with Crippen molar-refractivity contribution in [1.82, 2.24) is 9.55 Å². The topological polar surface area (TPSA) is 31.0 Å². The van der Waals surface area contributed by atoms with E-state index in [1.54, 1.807) is 6.26 Å². The average Bonchev–Trinajstić information content (AvgIpc) is 2.89. The van der Waals surface area contributed by atoms with Gasteiger partial charge in [-0.2, -0.15) is 0 Å². The van der Waals surface area contributed by atoms with Crippen LogP contribution in [0.1, 0.15) is 30.6 Å². The number of aromatic nitrogens is 2. The highest BCUT2D eigenvalue weighted by Crippen LogP contribution is 2.28. The predicted octanol–water partition coefficient (Wildman–Crippen LogP) is 3.30. The second-order valence-electron chi connectivity index (χ2n) is 4.78. The molecule has 0 aliphatic carbocycles. The third-order valence-corrected chi connectivity index (χ3v) is 3.69. The first-order valence-electron chi connectivity index (χ1n) is 6.00. The van der Waals surface area contributed by atoms with Crippen molar-refractivity contribution in [3.05, 3.63) is 40.8 Å². The van der Waals surface area contributed by atoms with Crippen molar-refractivity contribution in [2.24, 2.45) is 5.92 Å². The minimum absolute atomic E-state index is 0.665. The Morgan fingerprint density at radius 1 is 1.59 bits per heavy atom. The molecule has 0 radical (unpaired) electrons. The summed E-state index contributed by atoms with van der Waals surface area (Å²) < 4.78 is 7.63. The highest BCUT2D eigenvalue weighted by molar-refractivity contribution is 6.30. The van der Waals surface area contributed by atoms with E-state index < -0.39 is 0 Å². The molecule has 90 valence electrons. The van der Waals surface area contributed by atoms with E-state index in [0.29, 0.717) is 11.1 Å². The Morgan fingerprint density at radius 2 is 2.47 bits per heavy atom. The van der Waals surface area contributed by atoms with E-state index >= 15 is 0 Å². The van der Waals surface area contributed by atoms with Gasteiger partial charge < -0.3 is 8.98 Å². The van der Waals surface area contributed by atoms with Crippen LogP contribution in [0.4, 0.5) is 0 Å². The SMILES string of the molecule is CC1CCc2c(Cl)nc(Cc3ccco3)n2C1. The molecule has 2 aromatic heterocycles. The first-order valence-corrected chi connectivity index (χ1v) is 6.38. The summed E-state index contributed by atoms with van der Waals surface area (Å²) in [4.78, 5) is 4.47. The molecule has 3 rings (SSSR count). The zero-order valence-corrected chi connectivity index (χ0v) is 10.6. The molecule has 2 aromatic rings. The van der Waals surface area contributed by atoms with Crippen molar-refractivity contribution in [2.75, 3.05) is 0 Å². The van der Waals surface area contributed by atoms with Gasteiger partial charge in [0.1, 0.15) is 11.6 Å². The molecule has 0 N–H and O–H groups in total. The van der Waals surface area contributed by atoms with Crippen molar-refractivity contribution in [2.45, 2.75) is 32.7 Å². The van der Waals surface area contributed by atoms with Crippen LogP contribution in [-0.4, -0.2) is 9.55 Å². The highest BCUT2D eigenvalue weighted by atomic mass is 35.5. The van der Waals surface area contributed by atoms with Crippen LogP contribution in [0.25, 0.3) is 0 Å². The number of imidazole rings is 1. The molecule has 0 bridgehead atoms. The first kappa shape index (κ1) is 10.9. The molecule has 17 heavy (non-hydrogen) atoms. The van der Waals surface area contributed by atoms with E-state index in [2.05, 4.69) is 16.5 Å². The standard InChI is InChI=1S/C13H15ClN2O/c1-9-4-5-11-13(14)15-12(16(11)8-9)7-10-3-2-6-17-10/h2-3,6,9H,4-5,7-8H2,1H3. The molecule has 1 aliphatic heterocycles. The summed E-state index contributed by atoms with van der Waals surface area (Å²) >= 11 is 6.19. The van der Waals surface area contributed by atoms with Crippen molar-refractivity contribution in [3.63, 3.8) is 0 Å². The quantitative estimate of drug-likeness (QED) is 0.819. The monoisotopic (exact) mass is 250 g/mol. The molecule has 1 unspecified atom stereocenters. The van der Waals surface area contributed by atoms with Crippen LogP contribution in [0.15, 0.2) is 22.8 Å². The summed E-state index contributed by atoms with van der Waals surface area (Å²) in [6.45, 7) is 3.29. The summed E-state index contributed by atoms with van der Waals surface area (Å²) in [5.74, 6) is 2.65. The molecule has 0 saturated carbocycles. The van der Waals surface area contributed by atoms with E-state index in [1.165, 1.54) is 12.1 Å². The van der Waals surface area contributed by atoms with Crippen LogP contribution < -0.4 is 0 Å². The third-order valence-electron chi connectivity index (χ3n) is 3.38. The van der Waals surface area contributed by atoms with Crippen LogP contribution in [0.3, 0.4) is 0 Å². The van der Waals surface area contributed by atoms with Gasteiger partial charge >= 0.3 is 0 Å². The van der Waals surface area contributed by atoms with Crippen LogP contribution in [0, 0.1) is 5.92 Å². The predicted molar refractivity (Wildman–Crippen MR) is 66.2 cm³/mol. The number of halogens is 1. The molecular formula is C13H15ClN2O. The van der Waals surface area contributed by atoms with Crippen LogP contribution in [0.2, 0.25) is 5.15 Å². The molecule has 0 amide bonds. The molecular weight excluding hydrogens is 236 g/mol. The van der Waals surface area contributed by atoms with Crippen LogP contribution in [0.5, 0.6) is 0 Å². The fourth-order valence-corrected chi connectivity index (χ4v) is 2.74. The number of fused-ring (bicyclic) bond motifs is 1. The Balaban J connectivity index is 1.95. The van der Waals surface area contributed by atoms with E-state index in [0.717, 1.165) is 31.0 Å². The Hall–Kier alpha value is -1.22. The van der Waals surface area contributed by atoms with Gasteiger partial charge in [-0.1, -0.05) is 18.5 Å². The summed E-state index contributed by atoms with van der Waals surface area (Å²) in [6.07, 6.45) is 4.65. The summed E-state index contributed by atoms with van der Waals surface area (Å²) in [7, 11) is 0. The molecule has 0 fully saturated rings. The van der Waals surface area contributed by atoms with Gasteiger partial charge in [0.2, 0.25) is 0 Å². The van der Waals surface area contributed by atoms with E-state index in [-0.39, 0.29) is 0 Å². The second-order valence-corrected chi connectivity index (χ2v) is 5.13. The fourth-order valence-electron chi connectivity index (χ4n) is 2.45. The highest BCUT2D eigenvalue weighted by Gasteiger charge is 2.22. The van der Waals surface area contributed by atoms with Crippen molar-refractivity contribution in [3.8, 4) is 0 Å². The molecule has 0 saturated heterocycles. The molecule has 0 aromatic carbocycles. The van der Waals surface area contributed by atoms with Crippen molar-refractivity contribution < 1.29 is 4.42 Å². The third kappa shape index (κ3) is 2.00. The van der Waals surface area contributed by atoms with Crippen LogP contribution >= 0.6 is 11.6 Å². The Bertz CT molecular complexity index is 516. The van der Waals surface area contributed by atoms with E-state index in [1.807, 2.05) is 12.1 Å². The number of nitrogens with zero attached hydrogens (tertiary/aromatic N) is 2. The fraction of sp³-hybridized carbons (Fsp3) is 0.462. The Labute approximate surface area is 105 Å². The lowest BCUT2D eigenvalue weighted by Gasteiger charge is -2.22. The largest absolute Gasteiger partial charge is 0.469 e. The van der Waals surface area contributed by atoms with Gasteiger partial charge in [0.25, 0.3) is 0 Å². The number of hydrogen-bond acceptors (Lipinski definition) is 2. The maximum absolute atomic E-state index is 6.19. The van der Waals surface area contributed by atoms with Gasteiger partial charge in [-0.15, -0.1) is 0 Å². The second kappa shape index (κ2) is 4.22. The lowest BCUT2D eigenvalue weighted by Crippen LogP contribution is -2.19. The van der Waals surface area contributed by atoms with Crippen molar-refractivity contribution >= 4 is 11.6 Å². The zero-order valence-electron chi connectivity index (χ0n) is 9.82. The minimum atomic E-state index is 0.665. The minimum Gasteiger partial charge on any atom is -0.469 e.